The van der Waals surface area contributed by atoms with Crippen molar-refractivity contribution in [3.8, 4) is 0 Å². The molecule has 1 fully saturated rings. The Labute approximate surface area is 118 Å². The van der Waals surface area contributed by atoms with E-state index in [1.54, 1.807) is 32.4 Å². The first-order chi connectivity index (χ1) is 9.50. The average Bonchev–Trinajstić information content (AvgIpc) is 2.46. The Morgan fingerprint density at radius 1 is 1.45 bits per heavy atom. The number of amides is 1. The fourth-order valence-corrected chi connectivity index (χ4v) is 2.07. The van der Waals surface area contributed by atoms with E-state index in [0.29, 0.717) is 44.0 Å². The van der Waals surface area contributed by atoms with Crippen molar-refractivity contribution >= 4 is 11.7 Å². The maximum absolute atomic E-state index is 11.7. The van der Waals surface area contributed by atoms with Gasteiger partial charge in [-0.1, -0.05) is 0 Å². The average molecular weight is 279 g/mol. The third kappa shape index (κ3) is 3.68. The number of carbonyl (C=O) groups excluding carboxylic acids is 1. The van der Waals surface area contributed by atoms with E-state index in [1.165, 1.54) is 4.90 Å². The minimum absolute atomic E-state index is 0.0768. The Bertz CT molecular complexity index is 453. The van der Waals surface area contributed by atoms with Gasteiger partial charge in [0.1, 0.15) is 5.82 Å². The summed E-state index contributed by atoms with van der Waals surface area (Å²) in [5, 5.41) is 13.4. The molecule has 6 nitrogen and oxygen atoms in total. The van der Waals surface area contributed by atoms with Crippen molar-refractivity contribution < 1.29 is 14.6 Å². The molecule has 0 aromatic carbocycles. The number of pyridine rings is 1. The number of hydrogen-bond donors (Lipinski definition) is 2. The fourth-order valence-electron chi connectivity index (χ4n) is 2.07. The second-order valence-electron chi connectivity index (χ2n) is 5.32. The molecular weight excluding hydrogens is 258 g/mol. The zero-order valence-electron chi connectivity index (χ0n) is 11.9. The molecule has 1 amide bonds. The SMILES string of the molecule is CN(C)C(=O)c1ccc(NCC2(O)CCOCC2)nc1. The smallest absolute Gasteiger partial charge is 0.254 e. The van der Waals surface area contributed by atoms with Gasteiger partial charge in [0, 0.05) is 52.9 Å². The summed E-state index contributed by atoms with van der Waals surface area (Å²) >= 11 is 0. The lowest BCUT2D eigenvalue weighted by atomic mass is 9.94. The molecule has 0 radical (unpaired) electrons. The van der Waals surface area contributed by atoms with Gasteiger partial charge in [0.2, 0.25) is 0 Å². The summed E-state index contributed by atoms with van der Waals surface area (Å²) in [4.78, 5) is 17.4. The first-order valence-electron chi connectivity index (χ1n) is 6.72. The fraction of sp³-hybridized carbons (Fsp3) is 0.571. The molecule has 1 saturated heterocycles. The number of aliphatic hydroxyl groups is 1. The van der Waals surface area contributed by atoms with Gasteiger partial charge in [0.25, 0.3) is 5.91 Å². The minimum atomic E-state index is -0.738. The molecule has 20 heavy (non-hydrogen) atoms. The molecule has 2 N–H and O–H groups in total. The lowest BCUT2D eigenvalue weighted by Gasteiger charge is -2.32. The lowest BCUT2D eigenvalue weighted by Crippen LogP contribution is -2.42. The van der Waals surface area contributed by atoms with E-state index in [9.17, 15) is 9.90 Å². The lowest BCUT2D eigenvalue weighted by molar-refractivity contribution is -0.0543. The monoisotopic (exact) mass is 279 g/mol. The quantitative estimate of drug-likeness (QED) is 0.850. The molecule has 2 rings (SSSR count). The summed E-state index contributed by atoms with van der Waals surface area (Å²) in [6.45, 7) is 1.61. The van der Waals surface area contributed by atoms with Gasteiger partial charge in [-0.15, -0.1) is 0 Å². The van der Waals surface area contributed by atoms with Crippen LogP contribution < -0.4 is 5.32 Å². The van der Waals surface area contributed by atoms with E-state index in [1.807, 2.05) is 0 Å². The van der Waals surface area contributed by atoms with Gasteiger partial charge in [-0.2, -0.15) is 0 Å². The number of nitrogens with one attached hydrogen (secondary N) is 1. The van der Waals surface area contributed by atoms with Crippen LogP contribution >= 0.6 is 0 Å². The molecule has 0 unspecified atom stereocenters. The van der Waals surface area contributed by atoms with Crippen molar-refractivity contribution in [3.63, 3.8) is 0 Å². The highest BCUT2D eigenvalue weighted by Crippen LogP contribution is 2.20. The summed E-state index contributed by atoms with van der Waals surface area (Å²) < 4.78 is 5.24. The number of carbonyl (C=O) groups is 1. The second kappa shape index (κ2) is 6.19. The zero-order chi connectivity index (χ0) is 14.6. The second-order valence-corrected chi connectivity index (χ2v) is 5.32. The van der Waals surface area contributed by atoms with Crippen LogP contribution in [0.2, 0.25) is 0 Å². The zero-order valence-corrected chi connectivity index (χ0v) is 11.9. The number of nitrogens with zero attached hydrogens (tertiary/aromatic N) is 2. The molecule has 1 aromatic rings. The van der Waals surface area contributed by atoms with Gasteiger partial charge in [-0.3, -0.25) is 4.79 Å². The van der Waals surface area contributed by atoms with Crippen LogP contribution in [0.5, 0.6) is 0 Å². The predicted octanol–water partition coefficient (Wildman–Crippen LogP) is 0.737. The molecule has 0 bridgehead atoms. The van der Waals surface area contributed by atoms with E-state index in [4.69, 9.17) is 4.74 Å². The molecule has 1 aliphatic heterocycles. The molecule has 110 valence electrons. The van der Waals surface area contributed by atoms with Crippen molar-refractivity contribution in [2.24, 2.45) is 0 Å². The van der Waals surface area contributed by atoms with Crippen molar-refractivity contribution in [1.82, 2.24) is 9.88 Å². The molecule has 0 aliphatic carbocycles. The topological polar surface area (TPSA) is 74.7 Å². The first-order valence-corrected chi connectivity index (χ1v) is 6.72. The molecule has 2 heterocycles. The van der Waals surface area contributed by atoms with Crippen molar-refractivity contribution in [2.45, 2.75) is 18.4 Å². The summed E-state index contributed by atoms with van der Waals surface area (Å²) in [5.74, 6) is 0.576. The van der Waals surface area contributed by atoms with Gasteiger partial charge in [0.15, 0.2) is 0 Å². The number of anilines is 1. The Kier molecular flexibility index (Phi) is 4.57. The van der Waals surface area contributed by atoms with Crippen molar-refractivity contribution in [1.29, 1.82) is 0 Å². The summed E-state index contributed by atoms with van der Waals surface area (Å²) in [6.07, 6.45) is 2.78. The Morgan fingerprint density at radius 2 is 2.15 bits per heavy atom. The standard InChI is InChI=1S/C14H21N3O3/c1-17(2)13(18)11-3-4-12(15-9-11)16-10-14(19)5-7-20-8-6-14/h3-4,9,19H,5-8,10H2,1-2H3,(H,15,16). The van der Waals surface area contributed by atoms with Crippen molar-refractivity contribution in [3.05, 3.63) is 23.9 Å². The van der Waals surface area contributed by atoms with E-state index in [-0.39, 0.29) is 5.91 Å². The van der Waals surface area contributed by atoms with Crippen LogP contribution in [0.25, 0.3) is 0 Å². The van der Waals surface area contributed by atoms with Gasteiger partial charge in [-0.25, -0.2) is 4.98 Å². The van der Waals surface area contributed by atoms with Crippen LogP contribution in [0.15, 0.2) is 18.3 Å². The highest BCUT2D eigenvalue weighted by Gasteiger charge is 2.29. The highest BCUT2D eigenvalue weighted by atomic mass is 16.5. The van der Waals surface area contributed by atoms with E-state index in [2.05, 4.69) is 10.3 Å². The predicted molar refractivity (Wildman–Crippen MR) is 75.7 cm³/mol. The van der Waals surface area contributed by atoms with E-state index >= 15 is 0 Å². The molecule has 6 heteroatoms. The summed E-state index contributed by atoms with van der Waals surface area (Å²) in [7, 11) is 3.41. The van der Waals surface area contributed by atoms with Crippen LogP contribution in [-0.4, -0.2) is 60.4 Å². The Hall–Kier alpha value is -1.66. The summed E-state index contributed by atoms with van der Waals surface area (Å²) in [6, 6.07) is 3.48. The van der Waals surface area contributed by atoms with Crippen LogP contribution in [-0.2, 0) is 4.74 Å². The molecule has 0 spiro atoms. The van der Waals surface area contributed by atoms with Crippen LogP contribution in [0.1, 0.15) is 23.2 Å². The summed E-state index contributed by atoms with van der Waals surface area (Å²) in [5.41, 5.74) is -0.191. The Morgan fingerprint density at radius 3 is 2.70 bits per heavy atom. The van der Waals surface area contributed by atoms with E-state index in [0.717, 1.165) is 0 Å². The molecular formula is C14H21N3O3. The minimum Gasteiger partial charge on any atom is -0.388 e. The normalized spacial score (nSPS) is 17.6. The van der Waals surface area contributed by atoms with Crippen LogP contribution in [0.3, 0.4) is 0 Å². The number of ether oxygens (including phenoxy) is 1. The van der Waals surface area contributed by atoms with Crippen LogP contribution in [0.4, 0.5) is 5.82 Å². The Balaban J connectivity index is 1.92. The molecule has 1 aliphatic rings. The van der Waals surface area contributed by atoms with Gasteiger partial charge in [0.05, 0.1) is 11.2 Å². The molecule has 0 atom stereocenters. The molecule has 0 saturated carbocycles. The van der Waals surface area contributed by atoms with Gasteiger partial charge < -0.3 is 20.1 Å². The van der Waals surface area contributed by atoms with E-state index < -0.39 is 5.60 Å². The van der Waals surface area contributed by atoms with Crippen molar-refractivity contribution in [2.75, 3.05) is 39.2 Å². The number of aromatic nitrogens is 1. The third-order valence-corrected chi connectivity index (χ3v) is 3.44. The van der Waals surface area contributed by atoms with Gasteiger partial charge >= 0.3 is 0 Å². The maximum Gasteiger partial charge on any atom is 0.254 e. The number of rotatable bonds is 4. The molecule has 1 aromatic heterocycles. The highest BCUT2D eigenvalue weighted by molar-refractivity contribution is 5.93. The largest absolute Gasteiger partial charge is 0.388 e. The van der Waals surface area contributed by atoms with Crippen LogP contribution in [0, 0.1) is 0 Å². The maximum atomic E-state index is 11.7. The third-order valence-electron chi connectivity index (χ3n) is 3.44. The first kappa shape index (κ1) is 14.7. The van der Waals surface area contributed by atoms with Gasteiger partial charge in [-0.05, 0) is 12.1 Å². The number of hydrogen-bond acceptors (Lipinski definition) is 5.